The van der Waals surface area contributed by atoms with Gasteiger partial charge in [-0.1, -0.05) is 54.6 Å². The van der Waals surface area contributed by atoms with Crippen LogP contribution in [-0.2, 0) is 11.3 Å². The van der Waals surface area contributed by atoms with Crippen LogP contribution in [0.2, 0.25) is 0 Å². The van der Waals surface area contributed by atoms with Gasteiger partial charge in [0.2, 0.25) is 5.91 Å². The summed E-state index contributed by atoms with van der Waals surface area (Å²) < 4.78 is 19.5. The van der Waals surface area contributed by atoms with Gasteiger partial charge in [0.25, 0.3) is 0 Å². The minimum absolute atomic E-state index is 0.209. The maximum atomic E-state index is 14.2. The first kappa shape index (κ1) is 20.6. The molecule has 3 aromatic rings. The topological polar surface area (TPSA) is 41.6 Å². The fourth-order valence-corrected chi connectivity index (χ4v) is 3.35. The average molecular weight is 392 g/mol. The molecule has 0 aromatic heterocycles. The van der Waals surface area contributed by atoms with Gasteiger partial charge in [-0.15, -0.1) is 0 Å². The van der Waals surface area contributed by atoms with Crippen LogP contribution in [0.5, 0.6) is 5.75 Å². The number of nitrogens with zero attached hydrogens (tertiary/aromatic N) is 1. The molecule has 0 saturated heterocycles. The highest BCUT2D eigenvalue weighted by Gasteiger charge is 2.26. The summed E-state index contributed by atoms with van der Waals surface area (Å²) in [5.74, 6) is 0.0957. The molecule has 0 spiro atoms. The number of rotatable bonds is 7. The van der Waals surface area contributed by atoms with Crippen molar-refractivity contribution in [3.8, 4) is 5.75 Å². The Morgan fingerprint density at radius 3 is 2.45 bits per heavy atom. The molecule has 0 aliphatic heterocycles. The van der Waals surface area contributed by atoms with E-state index in [2.05, 4.69) is 5.32 Å². The minimum Gasteiger partial charge on any atom is -0.495 e. The van der Waals surface area contributed by atoms with Crippen molar-refractivity contribution >= 4 is 11.6 Å². The second-order valence-corrected chi connectivity index (χ2v) is 7.01. The lowest BCUT2D eigenvalue weighted by Crippen LogP contribution is -2.34. The number of anilines is 1. The maximum absolute atomic E-state index is 14.2. The van der Waals surface area contributed by atoms with E-state index in [4.69, 9.17) is 4.74 Å². The van der Waals surface area contributed by atoms with Crippen molar-refractivity contribution in [2.24, 2.45) is 0 Å². The van der Waals surface area contributed by atoms with Crippen LogP contribution < -0.4 is 10.1 Å². The van der Waals surface area contributed by atoms with Gasteiger partial charge >= 0.3 is 0 Å². The van der Waals surface area contributed by atoms with Crippen LogP contribution in [0.15, 0.2) is 72.8 Å². The number of hydrogen-bond donors (Lipinski definition) is 1. The van der Waals surface area contributed by atoms with Gasteiger partial charge in [0.15, 0.2) is 0 Å². The van der Waals surface area contributed by atoms with E-state index in [1.807, 2.05) is 67.4 Å². The molecule has 29 heavy (non-hydrogen) atoms. The Kier molecular flexibility index (Phi) is 6.62. The molecule has 0 aliphatic rings. The lowest BCUT2D eigenvalue weighted by Gasteiger charge is -2.28. The third kappa shape index (κ3) is 5.00. The summed E-state index contributed by atoms with van der Waals surface area (Å²) >= 11 is 0. The first-order chi connectivity index (χ1) is 14.0. The predicted molar refractivity (Wildman–Crippen MR) is 113 cm³/mol. The fraction of sp³-hybridized carbons (Fsp3) is 0.208. The standard InChI is InChI=1S/C24H25FN2O2/c1-17-13-14-22(29-3)21(15-17)26-24(28)23(18-9-5-4-6-10-18)27(2)16-19-11-7-8-12-20(19)25/h4-15,23H,16H2,1-3H3,(H,26,28). The van der Waals surface area contributed by atoms with Crippen LogP contribution in [0.25, 0.3) is 0 Å². The van der Waals surface area contributed by atoms with Crippen molar-refractivity contribution in [3.63, 3.8) is 0 Å². The summed E-state index contributed by atoms with van der Waals surface area (Å²) in [6.07, 6.45) is 0. The van der Waals surface area contributed by atoms with Gasteiger partial charge in [0.05, 0.1) is 12.8 Å². The number of nitrogens with one attached hydrogen (secondary N) is 1. The second-order valence-electron chi connectivity index (χ2n) is 7.01. The Balaban J connectivity index is 1.91. The molecule has 1 atom stereocenters. The zero-order valence-corrected chi connectivity index (χ0v) is 16.9. The van der Waals surface area contributed by atoms with Crippen molar-refractivity contribution in [1.29, 1.82) is 0 Å². The van der Waals surface area contributed by atoms with E-state index in [1.165, 1.54) is 6.07 Å². The first-order valence-corrected chi connectivity index (χ1v) is 9.43. The Bertz CT molecular complexity index is 976. The highest BCUT2D eigenvalue weighted by atomic mass is 19.1. The highest BCUT2D eigenvalue weighted by molar-refractivity contribution is 5.96. The van der Waals surface area contributed by atoms with Gasteiger partial charge in [0, 0.05) is 12.1 Å². The van der Waals surface area contributed by atoms with Gasteiger partial charge in [-0.2, -0.15) is 0 Å². The fourth-order valence-electron chi connectivity index (χ4n) is 3.35. The average Bonchev–Trinajstić information content (AvgIpc) is 2.71. The summed E-state index contributed by atoms with van der Waals surface area (Å²) in [4.78, 5) is 15.1. The van der Waals surface area contributed by atoms with Gasteiger partial charge in [-0.05, 0) is 43.3 Å². The Morgan fingerprint density at radius 2 is 1.76 bits per heavy atom. The zero-order valence-electron chi connectivity index (χ0n) is 16.9. The monoisotopic (exact) mass is 392 g/mol. The molecule has 0 saturated carbocycles. The number of hydrogen-bond acceptors (Lipinski definition) is 3. The summed E-state index contributed by atoms with van der Waals surface area (Å²) in [6.45, 7) is 2.25. The molecule has 150 valence electrons. The summed E-state index contributed by atoms with van der Waals surface area (Å²) in [6, 6.07) is 21.1. The Morgan fingerprint density at radius 1 is 1.07 bits per heavy atom. The minimum atomic E-state index is -0.596. The molecule has 0 radical (unpaired) electrons. The van der Waals surface area contributed by atoms with E-state index < -0.39 is 6.04 Å². The van der Waals surface area contributed by atoms with Crippen LogP contribution in [0.3, 0.4) is 0 Å². The van der Waals surface area contributed by atoms with Gasteiger partial charge in [-0.3, -0.25) is 9.69 Å². The predicted octanol–water partition coefficient (Wildman–Crippen LogP) is 4.95. The molecule has 3 rings (SSSR count). The van der Waals surface area contributed by atoms with Crippen molar-refractivity contribution in [1.82, 2.24) is 4.90 Å². The molecular weight excluding hydrogens is 367 g/mol. The van der Waals surface area contributed by atoms with Gasteiger partial charge in [0.1, 0.15) is 17.6 Å². The Hall–Kier alpha value is -3.18. The third-order valence-electron chi connectivity index (χ3n) is 4.79. The quantitative estimate of drug-likeness (QED) is 0.618. The molecule has 1 amide bonds. The molecule has 5 heteroatoms. The number of ether oxygens (including phenoxy) is 1. The SMILES string of the molecule is COc1ccc(C)cc1NC(=O)C(c1ccccc1)N(C)Cc1ccccc1F. The van der Waals surface area contributed by atoms with Crippen molar-refractivity contribution in [2.45, 2.75) is 19.5 Å². The van der Waals surface area contributed by atoms with E-state index >= 15 is 0 Å². The molecule has 1 N–H and O–H groups in total. The summed E-state index contributed by atoms with van der Waals surface area (Å²) in [7, 11) is 3.39. The van der Waals surface area contributed by atoms with Crippen LogP contribution in [0, 0.1) is 12.7 Å². The number of benzene rings is 3. The maximum Gasteiger partial charge on any atom is 0.246 e. The lowest BCUT2D eigenvalue weighted by molar-refractivity contribution is -0.121. The van der Waals surface area contributed by atoms with Crippen LogP contribution in [0.4, 0.5) is 10.1 Å². The van der Waals surface area contributed by atoms with E-state index in [0.29, 0.717) is 23.5 Å². The van der Waals surface area contributed by atoms with Crippen LogP contribution in [0.1, 0.15) is 22.7 Å². The molecular formula is C24H25FN2O2. The smallest absolute Gasteiger partial charge is 0.246 e. The molecule has 4 nitrogen and oxygen atoms in total. The molecule has 0 heterocycles. The van der Waals surface area contributed by atoms with Crippen molar-refractivity contribution < 1.29 is 13.9 Å². The Labute approximate surface area is 170 Å². The largest absolute Gasteiger partial charge is 0.495 e. The number of carbonyl (C=O) groups is 1. The number of amides is 1. The number of halogens is 1. The molecule has 0 fully saturated rings. The number of methoxy groups -OCH3 is 1. The van der Waals surface area contributed by atoms with Crippen molar-refractivity contribution in [2.75, 3.05) is 19.5 Å². The van der Waals surface area contributed by atoms with Crippen LogP contribution >= 0.6 is 0 Å². The van der Waals surface area contributed by atoms with Crippen LogP contribution in [-0.4, -0.2) is 25.0 Å². The summed E-state index contributed by atoms with van der Waals surface area (Å²) in [5, 5.41) is 2.98. The van der Waals surface area contributed by atoms with E-state index in [1.54, 1.807) is 25.3 Å². The third-order valence-corrected chi connectivity index (χ3v) is 4.79. The van der Waals surface area contributed by atoms with E-state index in [-0.39, 0.29) is 11.7 Å². The zero-order chi connectivity index (χ0) is 20.8. The van der Waals surface area contributed by atoms with Crippen molar-refractivity contribution in [3.05, 3.63) is 95.3 Å². The lowest BCUT2D eigenvalue weighted by atomic mass is 10.0. The highest BCUT2D eigenvalue weighted by Crippen LogP contribution is 2.29. The van der Waals surface area contributed by atoms with Gasteiger partial charge in [-0.25, -0.2) is 4.39 Å². The number of carbonyl (C=O) groups excluding carboxylic acids is 1. The normalized spacial score (nSPS) is 11.9. The molecule has 1 unspecified atom stereocenters. The van der Waals surface area contributed by atoms with E-state index in [0.717, 1.165) is 11.1 Å². The molecule has 3 aromatic carbocycles. The molecule has 0 bridgehead atoms. The number of likely N-dealkylation sites (N-methyl/N-ethyl adjacent to an activating group) is 1. The van der Waals surface area contributed by atoms with E-state index in [9.17, 15) is 9.18 Å². The second kappa shape index (κ2) is 9.34. The van der Waals surface area contributed by atoms with Gasteiger partial charge < -0.3 is 10.1 Å². The number of aryl methyl sites for hydroxylation is 1. The first-order valence-electron chi connectivity index (χ1n) is 9.43. The molecule has 0 aliphatic carbocycles. The summed E-state index contributed by atoms with van der Waals surface area (Å²) in [5.41, 5.74) is 2.99.